The van der Waals surface area contributed by atoms with Crippen LogP contribution in [0.4, 0.5) is 22.7 Å². The summed E-state index contributed by atoms with van der Waals surface area (Å²) < 4.78 is 50.1. The first-order chi connectivity index (χ1) is 29.0. The van der Waals surface area contributed by atoms with Crippen LogP contribution in [0.15, 0.2) is 100 Å². The fraction of sp³-hybridized carbons (Fsp3) is 0.364. The van der Waals surface area contributed by atoms with E-state index < -0.39 is 26.9 Å². The summed E-state index contributed by atoms with van der Waals surface area (Å²) in [7, 11) is -4.69. The Morgan fingerprint density at radius 1 is 0.867 bits per heavy atom. The quantitative estimate of drug-likeness (QED) is 0.0756. The zero-order valence-corrected chi connectivity index (χ0v) is 35.6. The van der Waals surface area contributed by atoms with Gasteiger partial charge < -0.3 is 30.5 Å². The van der Waals surface area contributed by atoms with Gasteiger partial charge in [0, 0.05) is 76.6 Å². The first-order valence-electron chi connectivity index (χ1n) is 20.2. The third-order valence-corrected chi connectivity index (χ3v) is 12.6. The lowest BCUT2D eigenvalue weighted by Gasteiger charge is -2.27. The summed E-state index contributed by atoms with van der Waals surface area (Å²) in [5.74, 6) is -1.50. The molecule has 3 aliphatic rings. The molecule has 0 aromatic heterocycles. The number of fused-ring (bicyclic) bond motifs is 7. The largest absolute Gasteiger partial charge is 0.744 e. The highest BCUT2D eigenvalue weighted by Gasteiger charge is 2.44. The lowest BCUT2D eigenvalue weighted by molar-refractivity contribution is -0.777. The van der Waals surface area contributed by atoms with Gasteiger partial charge in [0.25, 0.3) is 1.43 Å². The fourth-order valence-corrected chi connectivity index (χ4v) is 9.10. The molecule has 16 heteroatoms. The van der Waals surface area contributed by atoms with E-state index in [4.69, 9.17) is 1.43 Å². The second kappa shape index (κ2) is 18.7. The molecule has 0 aliphatic carbocycles. The number of carboxylic acids is 1. The van der Waals surface area contributed by atoms with Crippen molar-refractivity contribution in [2.45, 2.75) is 99.7 Å². The summed E-state index contributed by atoms with van der Waals surface area (Å²) in [6.07, 6.45) is 14.3. The molecule has 3 aliphatic heterocycles. The number of carbonyl (C=O) groups is 3. The first-order valence-corrected chi connectivity index (χ1v) is 22.0. The van der Waals surface area contributed by atoms with E-state index in [0.29, 0.717) is 43.7 Å². The average molecular weight is 859 g/mol. The van der Waals surface area contributed by atoms with Gasteiger partial charge in [-0.05, 0) is 99.7 Å². The van der Waals surface area contributed by atoms with Gasteiger partial charge in [0.15, 0.2) is 5.71 Å². The molecule has 3 aromatic rings. The van der Waals surface area contributed by atoms with Gasteiger partial charge in [-0.25, -0.2) is 13.2 Å². The van der Waals surface area contributed by atoms with Crippen molar-refractivity contribution in [1.82, 2.24) is 0 Å². The van der Waals surface area contributed by atoms with Crippen LogP contribution >= 0.6 is 12.0 Å². The van der Waals surface area contributed by atoms with Crippen molar-refractivity contribution in [3.05, 3.63) is 107 Å². The molecule has 3 N–H and O–H groups in total. The van der Waals surface area contributed by atoms with Gasteiger partial charge in [0.1, 0.15) is 16.7 Å². The molecule has 0 saturated heterocycles. The number of nitrogens with zero attached hydrogens (tertiary/aromatic N) is 2. The maximum absolute atomic E-state index is 13.1. The molecule has 60 heavy (non-hydrogen) atoms. The van der Waals surface area contributed by atoms with Crippen molar-refractivity contribution in [2.75, 3.05) is 28.6 Å². The molecule has 0 atom stereocenters. The second-order valence-corrected chi connectivity index (χ2v) is 18.2. The van der Waals surface area contributed by atoms with Gasteiger partial charge in [-0.2, -0.15) is 8.91 Å². The Hall–Kier alpha value is -5.10. The summed E-state index contributed by atoms with van der Waals surface area (Å²) in [5.41, 5.74) is 4.97. The molecule has 3 aromatic carbocycles. The molecule has 0 fully saturated rings. The average Bonchev–Trinajstić information content (AvgIpc) is 3.55. The van der Waals surface area contributed by atoms with Crippen molar-refractivity contribution < 1.29 is 51.7 Å². The smallest absolute Gasteiger partial charge is 0.335 e. The zero-order chi connectivity index (χ0) is 44.0. The van der Waals surface area contributed by atoms with Gasteiger partial charge >= 0.3 is 5.97 Å². The van der Waals surface area contributed by atoms with Gasteiger partial charge in [0.05, 0.1) is 27.9 Å². The summed E-state index contributed by atoms with van der Waals surface area (Å²) in [4.78, 5) is 41.0. The first kappa shape index (κ1) is 43.0. The Morgan fingerprint density at radius 2 is 1.57 bits per heavy atom. The predicted molar refractivity (Wildman–Crippen MR) is 226 cm³/mol. The summed E-state index contributed by atoms with van der Waals surface area (Å²) >= 11 is 0.831. The Labute approximate surface area is 356 Å². The third kappa shape index (κ3) is 10.1. The molecule has 0 saturated carbocycles. The van der Waals surface area contributed by atoms with E-state index in [2.05, 4.69) is 54.5 Å². The SMILES string of the molecule is [2H]OC(=O)c1cc2cc(c1)NC(=O)CCCCC[N+]1=C(/C=C/C=C/C=C3/N(CCCCCC(=O)N2)c2ccc(S(=O)(=O)[O-])cc2C3(C)C)C(C)(C)c2cc(SOO[O-])ccc21. The number of carbonyl (C=O) groups excluding carboxylic acids is 2. The molecule has 2 amide bonds. The highest BCUT2D eigenvalue weighted by Crippen LogP contribution is 2.49. The summed E-state index contributed by atoms with van der Waals surface area (Å²) in [6, 6.07) is 14.6. The number of carboxylic acid groups (broad SMARTS) is 1. The Morgan fingerprint density at radius 3 is 2.23 bits per heavy atom. The minimum absolute atomic E-state index is 0.00402. The van der Waals surface area contributed by atoms with Crippen LogP contribution in [0.2, 0.25) is 0 Å². The minimum atomic E-state index is -4.69. The highest BCUT2D eigenvalue weighted by atomic mass is 32.2. The van der Waals surface area contributed by atoms with Crippen LogP contribution in [0.3, 0.4) is 0 Å². The number of nitrogens with one attached hydrogen (secondary N) is 2. The minimum Gasteiger partial charge on any atom is -0.744 e. The number of rotatable bonds is 5. The highest BCUT2D eigenvalue weighted by molar-refractivity contribution is 7.94. The normalized spacial score (nSPS) is 20.9. The molecule has 0 unspecified atom stereocenters. The lowest BCUT2D eigenvalue weighted by atomic mass is 9.81. The van der Waals surface area contributed by atoms with E-state index in [-0.39, 0.29) is 46.5 Å². The van der Waals surface area contributed by atoms with Gasteiger partial charge in [-0.3, -0.25) is 14.6 Å². The number of aromatic carboxylic acids is 1. The number of allylic oxidation sites excluding steroid dienone is 6. The monoisotopic (exact) mass is 858 g/mol. The fourth-order valence-electron chi connectivity index (χ4n) is 8.21. The van der Waals surface area contributed by atoms with Gasteiger partial charge in [-0.15, -0.1) is 0 Å². The Bertz CT molecular complexity index is 2430. The van der Waals surface area contributed by atoms with Crippen molar-refractivity contribution >= 4 is 68.4 Å². The van der Waals surface area contributed by atoms with E-state index in [1.54, 1.807) is 12.1 Å². The van der Waals surface area contributed by atoms with E-state index in [0.717, 1.165) is 58.8 Å². The van der Waals surface area contributed by atoms with Crippen LogP contribution in [-0.4, -0.2) is 59.2 Å². The number of hydrogen-bond acceptors (Lipinski definition) is 12. The second-order valence-electron chi connectivity index (χ2n) is 16.1. The van der Waals surface area contributed by atoms with E-state index in [1.807, 2.05) is 56.4 Å². The van der Waals surface area contributed by atoms with Crippen LogP contribution in [0.1, 0.15) is 101 Å². The number of benzene rings is 3. The van der Waals surface area contributed by atoms with E-state index in [9.17, 15) is 32.6 Å². The predicted octanol–water partition coefficient (Wildman–Crippen LogP) is 7.40. The molecule has 318 valence electrons. The Balaban J connectivity index is 1.33. The Kier molecular flexibility index (Phi) is 13.4. The molecule has 14 nitrogen and oxygen atoms in total. The van der Waals surface area contributed by atoms with Crippen molar-refractivity contribution in [2.24, 2.45) is 0 Å². The third-order valence-electron chi connectivity index (χ3n) is 11.2. The molecular formula is C44H49N4O10S2-. The van der Waals surface area contributed by atoms with Crippen LogP contribution in [0.25, 0.3) is 1.43 Å². The van der Waals surface area contributed by atoms with E-state index >= 15 is 0 Å². The summed E-state index contributed by atoms with van der Waals surface area (Å²) in [5, 5.41) is 23.9. The van der Waals surface area contributed by atoms with Crippen molar-refractivity contribution in [1.29, 1.82) is 1.43 Å². The number of anilines is 3. The number of hydrogen-bond donors (Lipinski definition) is 3. The standard InChI is InChI=1S/C44H50N4O10S2/c1-43(2)34-27-32(59-58-57-53)18-20-36(34)47-22-12-6-10-16-40(49)45-30-24-29(42(51)52)25-31(26-30)46-41(50)17-11-7-13-23-48-37-21-19-33(60(54,55)56)28-35(37)44(3,4)39(48)15-9-5-8-14-38(43)47/h5,8-9,14-15,18-21,24-28H,6-7,10-13,16-17,22-23H2,1-4H3,(H4-,45,46,49,50,51,52,53,54,55,56)/p-1/i/hD. The molecule has 6 rings (SSSR count). The van der Waals surface area contributed by atoms with Crippen LogP contribution < -0.4 is 20.8 Å². The maximum atomic E-state index is 13.1. The summed E-state index contributed by atoms with van der Waals surface area (Å²) in [6.45, 7) is 9.45. The van der Waals surface area contributed by atoms with Crippen molar-refractivity contribution in [3.8, 4) is 0 Å². The van der Waals surface area contributed by atoms with Crippen LogP contribution in [-0.2, 0) is 39.9 Å². The van der Waals surface area contributed by atoms with Crippen LogP contribution in [0, 0.1) is 0 Å². The van der Waals surface area contributed by atoms with Crippen LogP contribution in [0.5, 0.6) is 0 Å². The molecular weight excluding hydrogens is 809 g/mol. The maximum Gasteiger partial charge on any atom is 0.335 e. The van der Waals surface area contributed by atoms with Gasteiger partial charge in [0.2, 0.25) is 17.5 Å². The topological polar surface area (TPSA) is 200 Å². The lowest BCUT2D eigenvalue weighted by Crippen LogP contribution is -2.28. The van der Waals surface area contributed by atoms with E-state index in [1.165, 1.54) is 24.3 Å². The number of amides is 2. The van der Waals surface area contributed by atoms with Crippen molar-refractivity contribution in [3.63, 3.8) is 0 Å². The van der Waals surface area contributed by atoms with Gasteiger partial charge in [-0.1, -0.05) is 38.5 Å². The molecule has 0 spiro atoms. The zero-order valence-electron chi connectivity index (χ0n) is 34.9. The molecule has 0 radical (unpaired) electrons. The molecule has 3 heterocycles. The molecule has 2 bridgehead atoms.